The molecule has 0 aliphatic heterocycles. The zero-order chi connectivity index (χ0) is 13.4. The van der Waals surface area contributed by atoms with Crippen LogP contribution in [0.4, 0.5) is 0 Å². The molecular weight excluding hydrogens is 284 g/mol. The number of benzene rings is 2. The van der Waals surface area contributed by atoms with Gasteiger partial charge in [-0.25, -0.2) is 0 Å². The number of nitrogens with one attached hydrogen (secondary N) is 2. The molecule has 0 saturated heterocycles. The number of hydrogen-bond donors (Lipinski definition) is 2. The number of H-pyrrole nitrogens is 2. The minimum atomic E-state index is 1.20. The fourth-order valence-electron chi connectivity index (χ4n) is 2.32. The van der Waals surface area contributed by atoms with Crippen molar-refractivity contribution in [1.82, 2.24) is 9.97 Å². The van der Waals surface area contributed by atoms with Crippen molar-refractivity contribution in [2.45, 2.75) is 10.1 Å². The Morgan fingerprint density at radius 2 is 1.05 bits per heavy atom. The maximum atomic E-state index is 3.35. The summed E-state index contributed by atoms with van der Waals surface area (Å²) in [6, 6.07) is 16.9. The molecule has 2 nitrogen and oxygen atoms in total. The number of fused-ring (bicyclic) bond motifs is 2. The van der Waals surface area contributed by atoms with E-state index in [9.17, 15) is 0 Å². The largest absolute Gasteiger partial charge is 0.355 e. The third kappa shape index (κ3) is 2.01. The summed E-state index contributed by atoms with van der Waals surface area (Å²) in [5.41, 5.74) is 0. The van der Waals surface area contributed by atoms with E-state index in [-0.39, 0.29) is 0 Å². The molecule has 0 spiro atoms. The van der Waals surface area contributed by atoms with Crippen LogP contribution in [0.3, 0.4) is 0 Å². The van der Waals surface area contributed by atoms with Crippen LogP contribution in [0.15, 0.2) is 71.0 Å². The van der Waals surface area contributed by atoms with Crippen molar-refractivity contribution >= 4 is 43.1 Å². The minimum Gasteiger partial charge on any atom is -0.355 e. The molecule has 0 radical (unpaired) electrons. The first-order valence-corrected chi connectivity index (χ1v) is 8.53. The third-order valence-electron chi connectivity index (χ3n) is 3.34. The predicted octanol–water partition coefficient (Wildman–Crippen LogP) is 5.45. The summed E-state index contributed by atoms with van der Waals surface area (Å²) in [6.07, 6.45) is 4.12. The fourth-order valence-corrected chi connectivity index (χ4v) is 4.58. The lowest BCUT2D eigenvalue weighted by Gasteiger charge is -1.99. The summed E-state index contributed by atoms with van der Waals surface area (Å²) < 4.78 is 0. The molecule has 0 aliphatic carbocycles. The SMILES string of the molecule is c1ccc2c(SSc3[nH]cc4ccccc34)[nH]cc2c1. The van der Waals surface area contributed by atoms with Gasteiger partial charge >= 0.3 is 0 Å². The van der Waals surface area contributed by atoms with Gasteiger partial charge in [0.2, 0.25) is 0 Å². The second kappa shape index (κ2) is 4.96. The summed E-state index contributed by atoms with van der Waals surface area (Å²) in [6.45, 7) is 0. The van der Waals surface area contributed by atoms with Crippen molar-refractivity contribution in [2.24, 2.45) is 0 Å². The summed E-state index contributed by atoms with van der Waals surface area (Å²) in [5.74, 6) is 0. The van der Waals surface area contributed by atoms with Crippen LogP contribution in [0, 0.1) is 0 Å². The number of hydrogen-bond acceptors (Lipinski definition) is 2. The first kappa shape index (κ1) is 12.0. The van der Waals surface area contributed by atoms with Crippen LogP contribution in [0.5, 0.6) is 0 Å². The highest BCUT2D eigenvalue weighted by Crippen LogP contribution is 2.41. The number of aromatic nitrogens is 2. The number of aromatic amines is 2. The highest BCUT2D eigenvalue weighted by Gasteiger charge is 2.08. The molecule has 0 bridgehead atoms. The molecule has 2 N–H and O–H groups in total. The standard InChI is InChI=1S/C16H12N2S2/c1-3-7-13-11(5-1)9-17-15(13)19-20-16-14-8-4-2-6-12(14)10-18-16/h1-10,17-18H. The van der Waals surface area contributed by atoms with E-state index in [4.69, 9.17) is 0 Å². The van der Waals surface area contributed by atoms with Crippen LogP contribution in [-0.4, -0.2) is 9.97 Å². The maximum absolute atomic E-state index is 3.35. The van der Waals surface area contributed by atoms with Gasteiger partial charge in [0, 0.05) is 33.9 Å². The fraction of sp³-hybridized carbons (Fsp3) is 0. The van der Waals surface area contributed by atoms with Crippen LogP contribution < -0.4 is 0 Å². The summed E-state index contributed by atoms with van der Waals surface area (Å²) in [7, 11) is 3.52. The first-order valence-electron chi connectivity index (χ1n) is 6.38. The van der Waals surface area contributed by atoms with E-state index in [1.807, 2.05) is 0 Å². The minimum absolute atomic E-state index is 1.20. The summed E-state index contributed by atoms with van der Waals surface area (Å²) in [5, 5.41) is 7.47. The second-order valence-corrected chi connectivity index (χ2v) is 6.73. The summed E-state index contributed by atoms with van der Waals surface area (Å²) >= 11 is 0. The van der Waals surface area contributed by atoms with Crippen molar-refractivity contribution in [1.29, 1.82) is 0 Å². The van der Waals surface area contributed by atoms with Crippen molar-refractivity contribution in [3.63, 3.8) is 0 Å². The first-order chi connectivity index (χ1) is 9.92. The Morgan fingerprint density at radius 3 is 1.55 bits per heavy atom. The molecule has 4 aromatic rings. The molecule has 2 aromatic carbocycles. The lowest BCUT2D eigenvalue weighted by atomic mass is 10.2. The Bertz CT molecular complexity index is 802. The van der Waals surface area contributed by atoms with Gasteiger partial charge in [0.1, 0.15) is 0 Å². The molecule has 0 atom stereocenters. The molecule has 4 heteroatoms. The second-order valence-electron chi connectivity index (χ2n) is 4.58. The molecule has 2 aromatic heterocycles. The monoisotopic (exact) mass is 296 g/mol. The van der Waals surface area contributed by atoms with E-state index in [0.29, 0.717) is 0 Å². The van der Waals surface area contributed by atoms with Gasteiger partial charge < -0.3 is 9.97 Å². The van der Waals surface area contributed by atoms with Crippen molar-refractivity contribution in [2.75, 3.05) is 0 Å². The van der Waals surface area contributed by atoms with E-state index < -0.39 is 0 Å². The van der Waals surface area contributed by atoms with Crippen LogP contribution in [-0.2, 0) is 0 Å². The van der Waals surface area contributed by atoms with E-state index in [0.717, 1.165) is 0 Å². The quantitative estimate of drug-likeness (QED) is 0.493. The zero-order valence-corrected chi connectivity index (χ0v) is 12.2. The highest BCUT2D eigenvalue weighted by molar-refractivity contribution is 8.76. The van der Waals surface area contributed by atoms with Crippen molar-refractivity contribution in [3.8, 4) is 0 Å². The van der Waals surface area contributed by atoms with E-state index in [1.54, 1.807) is 21.6 Å². The van der Waals surface area contributed by atoms with E-state index >= 15 is 0 Å². The lowest BCUT2D eigenvalue weighted by Crippen LogP contribution is -1.70. The molecule has 4 rings (SSSR count). The Hall–Kier alpha value is -1.78. The average molecular weight is 296 g/mol. The van der Waals surface area contributed by atoms with Crippen LogP contribution in [0.2, 0.25) is 0 Å². The predicted molar refractivity (Wildman–Crippen MR) is 88.3 cm³/mol. The molecule has 0 fully saturated rings. The van der Waals surface area contributed by atoms with Crippen molar-refractivity contribution in [3.05, 3.63) is 60.9 Å². The Morgan fingerprint density at radius 1 is 0.600 bits per heavy atom. The Kier molecular flexibility index (Phi) is 2.98. The van der Waals surface area contributed by atoms with Crippen LogP contribution in [0.25, 0.3) is 21.5 Å². The van der Waals surface area contributed by atoms with E-state index in [2.05, 4.69) is 70.9 Å². The smallest absolute Gasteiger partial charge is 0.0913 e. The molecule has 2 heterocycles. The van der Waals surface area contributed by atoms with Crippen LogP contribution in [0.1, 0.15) is 0 Å². The number of rotatable bonds is 3. The molecule has 0 aliphatic rings. The lowest BCUT2D eigenvalue weighted by molar-refractivity contribution is 1.23. The third-order valence-corrected chi connectivity index (χ3v) is 5.68. The van der Waals surface area contributed by atoms with Gasteiger partial charge in [-0.2, -0.15) is 0 Å². The molecular formula is C16H12N2S2. The normalized spacial score (nSPS) is 11.4. The van der Waals surface area contributed by atoms with Crippen molar-refractivity contribution < 1.29 is 0 Å². The van der Waals surface area contributed by atoms with Gasteiger partial charge in [-0.15, -0.1) is 0 Å². The van der Waals surface area contributed by atoms with Gasteiger partial charge in [0.25, 0.3) is 0 Å². The van der Waals surface area contributed by atoms with Gasteiger partial charge in [-0.05, 0) is 21.6 Å². The van der Waals surface area contributed by atoms with Crippen LogP contribution >= 0.6 is 21.6 Å². The topological polar surface area (TPSA) is 31.6 Å². The summed E-state index contributed by atoms with van der Waals surface area (Å²) in [4.78, 5) is 6.70. The molecule has 0 amide bonds. The Balaban J connectivity index is 1.64. The highest BCUT2D eigenvalue weighted by atomic mass is 33.1. The van der Waals surface area contributed by atoms with Gasteiger partial charge in [0.05, 0.1) is 10.1 Å². The Labute approximate surface area is 124 Å². The molecule has 20 heavy (non-hydrogen) atoms. The molecule has 98 valence electrons. The van der Waals surface area contributed by atoms with Gasteiger partial charge in [-0.1, -0.05) is 48.5 Å². The van der Waals surface area contributed by atoms with Gasteiger partial charge in [0.15, 0.2) is 0 Å². The average Bonchev–Trinajstić information content (AvgIpc) is 3.09. The maximum Gasteiger partial charge on any atom is 0.0913 e. The molecule has 0 unspecified atom stereocenters. The van der Waals surface area contributed by atoms with E-state index in [1.165, 1.54) is 31.6 Å². The molecule has 0 saturated carbocycles. The zero-order valence-electron chi connectivity index (χ0n) is 10.6. The van der Waals surface area contributed by atoms with Gasteiger partial charge in [-0.3, -0.25) is 0 Å².